The van der Waals surface area contributed by atoms with Gasteiger partial charge in [0.2, 0.25) is 0 Å². The van der Waals surface area contributed by atoms with Gasteiger partial charge in [0.15, 0.2) is 16.8 Å². The zero-order valence-electron chi connectivity index (χ0n) is 13.6. The van der Waals surface area contributed by atoms with Gasteiger partial charge in [-0.15, -0.1) is 10.2 Å². The van der Waals surface area contributed by atoms with E-state index in [4.69, 9.17) is 16.1 Å². The van der Waals surface area contributed by atoms with E-state index in [2.05, 4.69) is 30.3 Å². The molecule has 4 rings (SSSR count). The van der Waals surface area contributed by atoms with Gasteiger partial charge in [0.05, 0.1) is 5.75 Å². The molecule has 0 unspecified atom stereocenters. The Labute approximate surface area is 157 Å². The van der Waals surface area contributed by atoms with E-state index >= 15 is 0 Å². The van der Waals surface area contributed by atoms with E-state index in [1.165, 1.54) is 11.8 Å². The van der Waals surface area contributed by atoms with Crippen molar-refractivity contribution in [1.82, 2.24) is 34.9 Å². The Morgan fingerprint density at radius 1 is 1.19 bits per heavy atom. The molecule has 4 aromatic heterocycles. The van der Waals surface area contributed by atoms with Crippen LogP contribution in [-0.4, -0.2) is 34.9 Å². The van der Waals surface area contributed by atoms with Crippen molar-refractivity contribution < 1.29 is 4.52 Å². The van der Waals surface area contributed by atoms with Crippen LogP contribution < -0.4 is 0 Å². The van der Waals surface area contributed by atoms with E-state index in [1.54, 1.807) is 30.7 Å². The Kier molecular flexibility index (Phi) is 4.63. The largest absolute Gasteiger partial charge is 0.334 e. The standard InChI is InChI=1S/C16H12ClN7OS/c1-24-14(11-3-2-5-18-8-11)21-22-16(24)26-9-13-20-15(25-23-13)10-4-6-19-12(17)7-10/h2-8H,9H2,1H3. The van der Waals surface area contributed by atoms with Crippen LogP contribution in [0.1, 0.15) is 5.82 Å². The molecule has 0 aliphatic carbocycles. The highest BCUT2D eigenvalue weighted by molar-refractivity contribution is 7.98. The summed E-state index contributed by atoms with van der Waals surface area (Å²) in [6.07, 6.45) is 5.07. The first kappa shape index (κ1) is 16.7. The first-order valence-corrected chi connectivity index (χ1v) is 8.94. The van der Waals surface area contributed by atoms with E-state index in [1.807, 2.05) is 23.7 Å². The van der Waals surface area contributed by atoms with Crippen molar-refractivity contribution in [3.8, 4) is 22.8 Å². The highest BCUT2D eigenvalue weighted by Gasteiger charge is 2.14. The van der Waals surface area contributed by atoms with Gasteiger partial charge in [-0.2, -0.15) is 4.98 Å². The zero-order chi connectivity index (χ0) is 17.9. The summed E-state index contributed by atoms with van der Waals surface area (Å²) in [7, 11) is 1.91. The molecule has 0 fully saturated rings. The molecule has 0 radical (unpaired) electrons. The topological polar surface area (TPSA) is 95.4 Å². The maximum absolute atomic E-state index is 5.89. The highest BCUT2D eigenvalue weighted by Crippen LogP contribution is 2.25. The van der Waals surface area contributed by atoms with Crippen LogP contribution in [0.3, 0.4) is 0 Å². The molecule has 4 heterocycles. The van der Waals surface area contributed by atoms with E-state index in [0.717, 1.165) is 22.1 Å². The fraction of sp³-hybridized carbons (Fsp3) is 0.125. The third kappa shape index (κ3) is 3.44. The SMILES string of the molecule is Cn1c(SCc2noc(-c3ccnc(Cl)c3)n2)nnc1-c1cccnc1. The highest BCUT2D eigenvalue weighted by atomic mass is 35.5. The molecule has 130 valence electrons. The predicted molar refractivity (Wildman–Crippen MR) is 96.3 cm³/mol. The minimum atomic E-state index is 0.374. The smallest absolute Gasteiger partial charge is 0.258 e. The lowest BCUT2D eigenvalue weighted by Crippen LogP contribution is -1.95. The van der Waals surface area contributed by atoms with Gasteiger partial charge < -0.3 is 9.09 Å². The Morgan fingerprint density at radius 2 is 2.12 bits per heavy atom. The Balaban J connectivity index is 1.48. The summed E-state index contributed by atoms with van der Waals surface area (Å²) in [5, 5.41) is 13.6. The molecule has 0 aliphatic heterocycles. The van der Waals surface area contributed by atoms with Crippen LogP contribution in [0.4, 0.5) is 0 Å². The Bertz CT molecular complexity index is 1030. The molecule has 0 N–H and O–H groups in total. The number of aromatic nitrogens is 7. The lowest BCUT2D eigenvalue weighted by molar-refractivity contribution is 0.425. The van der Waals surface area contributed by atoms with Crippen LogP contribution in [0.5, 0.6) is 0 Å². The molecule has 0 saturated carbocycles. The molecular weight excluding hydrogens is 374 g/mol. The number of halogens is 1. The van der Waals surface area contributed by atoms with Crippen LogP contribution in [-0.2, 0) is 12.8 Å². The molecule has 0 amide bonds. The van der Waals surface area contributed by atoms with Crippen molar-refractivity contribution in [2.24, 2.45) is 7.05 Å². The normalized spacial score (nSPS) is 11.0. The van der Waals surface area contributed by atoms with Crippen molar-refractivity contribution in [1.29, 1.82) is 0 Å². The third-order valence-electron chi connectivity index (χ3n) is 3.53. The summed E-state index contributed by atoms with van der Waals surface area (Å²) in [5.74, 6) is 2.21. The predicted octanol–water partition coefficient (Wildman–Crippen LogP) is 3.27. The summed E-state index contributed by atoms with van der Waals surface area (Å²) in [4.78, 5) is 12.4. The molecule has 0 atom stereocenters. The molecular formula is C16H12ClN7OS. The maximum Gasteiger partial charge on any atom is 0.258 e. The minimum Gasteiger partial charge on any atom is -0.334 e. The zero-order valence-corrected chi connectivity index (χ0v) is 15.1. The second kappa shape index (κ2) is 7.22. The van der Waals surface area contributed by atoms with Crippen molar-refractivity contribution >= 4 is 23.4 Å². The molecule has 0 aliphatic rings. The molecule has 0 spiro atoms. The van der Waals surface area contributed by atoms with Crippen molar-refractivity contribution in [3.05, 3.63) is 53.8 Å². The van der Waals surface area contributed by atoms with E-state index in [0.29, 0.717) is 22.6 Å². The minimum absolute atomic E-state index is 0.374. The van der Waals surface area contributed by atoms with Crippen LogP contribution >= 0.6 is 23.4 Å². The van der Waals surface area contributed by atoms with Gasteiger partial charge in [0.1, 0.15) is 5.15 Å². The molecule has 8 nitrogen and oxygen atoms in total. The monoisotopic (exact) mass is 385 g/mol. The summed E-state index contributed by atoms with van der Waals surface area (Å²) in [6.45, 7) is 0. The molecule has 10 heteroatoms. The van der Waals surface area contributed by atoms with Gasteiger partial charge in [-0.3, -0.25) is 4.98 Å². The van der Waals surface area contributed by atoms with Gasteiger partial charge in [0, 0.05) is 36.8 Å². The van der Waals surface area contributed by atoms with Gasteiger partial charge in [-0.25, -0.2) is 4.98 Å². The first-order chi connectivity index (χ1) is 12.7. The van der Waals surface area contributed by atoms with E-state index in [9.17, 15) is 0 Å². The molecule has 0 bridgehead atoms. The van der Waals surface area contributed by atoms with E-state index < -0.39 is 0 Å². The first-order valence-electron chi connectivity index (χ1n) is 7.58. The van der Waals surface area contributed by atoms with Crippen molar-refractivity contribution in [2.45, 2.75) is 10.9 Å². The molecule has 4 aromatic rings. The lowest BCUT2D eigenvalue weighted by atomic mass is 10.3. The van der Waals surface area contributed by atoms with Crippen molar-refractivity contribution in [2.75, 3.05) is 0 Å². The third-order valence-corrected chi connectivity index (χ3v) is 4.75. The number of nitrogens with zero attached hydrogens (tertiary/aromatic N) is 7. The summed E-state index contributed by atoms with van der Waals surface area (Å²) in [6, 6.07) is 7.24. The molecule has 0 saturated heterocycles. The fourth-order valence-corrected chi connectivity index (χ4v) is 3.21. The van der Waals surface area contributed by atoms with Gasteiger partial charge in [-0.1, -0.05) is 28.5 Å². The molecule has 0 aromatic carbocycles. The average Bonchev–Trinajstić information content (AvgIpc) is 3.28. The number of pyridine rings is 2. The fourth-order valence-electron chi connectivity index (χ4n) is 2.28. The Hall–Kier alpha value is -2.78. The van der Waals surface area contributed by atoms with Crippen molar-refractivity contribution in [3.63, 3.8) is 0 Å². The lowest BCUT2D eigenvalue weighted by Gasteiger charge is -2.02. The summed E-state index contributed by atoms with van der Waals surface area (Å²) in [5.41, 5.74) is 1.64. The summed E-state index contributed by atoms with van der Waals surface area (Å²) >= 11 is 7.36. The van der Waals surface area contributed by atoms with Crippen LogP contribution in [0.2, 0.25) is 5.15 Å². The average molecular weight is 386 g/mol. The number of hydrogen-bond acceptors (Lipinski definition) is 8. The van der Waals surface area contributed by atoms with E-state index in [-0.39, 0.29) is 0 Å². The van der Waals surface area contributed by atoms with Crippen LogP contribution in [0.15, 0.2) is 52.5 Å². The Morgan fingerprint density at radius 3 is 2.92 bits per heavy atom. The summed E-state index contributed by atoms with van der Waals surface area (Å²) < 4.78 is 7.19. The van der Waals surface area contributed by atoms with Crippen LogP contribution in [0, 0.1) is 0 Å². The molecule has 26 heavy (non-hydrogen) atoms. The second-order valence-corrected chi connectivity index (χ2v) is 6.61. The van der Waals surface area contributed by atoms with Crippen LogP contribution in [0.25, 0.3) is 22.8 Å². The quantitative estimate of drug-likeness (QED) is 0.381. The van der Waals surface area contributed by atoms with Gasteiger partial charge in [0.25, 0.3) is 5.89 Å². The number of thioether (sulfide) groups is 1. The number of rotatable bonds is 5. The second-order valence-electron chi connectivity index (χ2n) is 5.28. The van der Waals surface area contributed by atoms with Gasteiger partial charge >= 0.3 is 0 Å². The number of hydrogen-bond donors (Lipinski definition) is 0. The maximum atomic E-state index is 5.89. The van der Waals surface area contributed by atoms with Gasteiger partial charge in [-0.05, 0) is 24.3 Å².